The Morgan fingerprint density at radius 2 is 1.53 bits per heavy atom. The van der Waals surface area contributed by atoms with Crippen molar-refractivity contribution in [3.8, 4) is 11.1 Å². The molecule has 0 aromatic heterocycles. The molecule has 3 aromatic rings. The topological polar surface area (TPSA) is 108 Å². The van der Waals surface area contributed by atoms with E-state index in [1.165, 1.54) is 5.06 Å². The smallest absolute Gasteiger partial charge is 0.277 e. The molecule has 0 bridgehead atoms. The predicted octanol–water partition coefficient (Wildman–Crippen LogP) is 6.07. The van der Waals surface area contributed by atoms with Crippen LogP contribution in [0.5, 0.6) is 0 Å². The minimum Gasteiger partial charge on any atom is -0.340 e. The van der Waals surface area contributed by atoms with Crippen LogP contribution in [0.4, 0.5) is 5.69 Å². The fourth-order valence-electron chi connectivity index (χ4n) is 5.48. The third-order valence-electron chi connectivity index (χ3n) is 8.22. The minimum atomic E-state index is -0.276. The first-order valence-electron chi connectivity index (χ1n) is 16.0. The molecule has 0 aliphatic carbocycles. The van der Waals surface area contributed by atoms with Gasteiger partial charge in [-0.05, 0) is 86.7 Å². The van der Waals surface area contributed by atoms with E-state index in [4.69, 9.17) is 10.6 Å². The number of rotatable bonds is 15. The third kappa shape index (κ3) is 11.9. The SMILES string of the molecule is CN1CCN(C(=O)CCCCCON(C)C(=O)c2ccc(NC(=O)c3ccccc3CCCCN)cc2-c2ccccc2)CC1.Cl.Cl. The Kier molecular flexibility index (Phi) is 17.5. The van der Waals surface area contributed by atoms with E-state index in [1.54, 1.807) is 19.2 Å². The lowest BCUT2D eigenvalue weighted by atomic mass is 9.98. The van der Waals surface area contributed by atoms with Crippen LogP contribution in [0.15, 0.2) is 72.8 Å². The highest BCUT2D eigenvalue weighted by molar-refractivity contribution is 6.07. The third-order valence-corrected chi connectivity index (χ3v) is 8.22. The summed E-state index contributed by atoms with van der Waals surface area (Å²) in [5, 5.41) is 4.30. The van der Waals surface area contributed by atoms with E-state index in [1.807, 2.05) is 65.6 Å². The molecule has 0 unspecified atom stereocenters. The number of aryl methyl sites for hydroxylation is 1. The Morgan fingerprint density at radius 1 is 0.830 bits per heavy atom. The van der Waals surface area contributed by atoms with Gasteiger partial charge in [0.1, 0.15) is 0 Å². The standard InChI is InChI=1S/C36H47N5O4.2ClH/c1-39-22-24-41(25-23-39)34(42)18-7-4-12-26-45-40(2)36(44)32-20-19-30(27-33(32)29-13-5-3-6-14-29)38-35(43)31-17-9-8-15-28(31)16-10-11-21-37;;/h3,5-6,8-9,13-15,17,19-20,27H,4,7,10-12,16,18,21-26,37H2,1-2H3,(H,38,43);2*1H. The van der Waals surface area contributed by atoms with E-state index < -0.39 is 0 Å². The number of halogens is 2. The maximum Gasteiger partial charge on any atom is 0.277 e. The van der Waals surface area contributed by atoms with Crippen LogP contribution >= 0.6 is 24.8 Å². The molecule has 0 spiro atoms. The number of piperazine rings is 1. The Labute approximate surface area is 291 Å². The van der Waals surface area contributed by atoms with Gasteiger partial charge in [-0.3, -0.25) is 19.2 Å². The number of benzene rings is 3. The Hall–Kier alpha value is -3.47. The van der Waals surface area contributed by atoms with Gasteiger partial charge in [0.25, 0.3) is 11.8 Å². The largest absolute Gasteiger partial charge is 0.340 e. The molecule has 256 valence electrons. The second-order valence-electron chi connectivity index (χ2n) is 11.6. The van der Waals surface area contributed by atoms with Gasteiger partial charge in [-0.1, -0.05) is 55.0 Å². The normalized spacial score (nSPS) is 12.9. The van der Waals surface area contributed by atoms with Crippen molar-refractivity contribution in [1.82, 2.24) is 14.9 Å². The van der Waals surface area contributed by atoms with Crippen LogP contribution in [0, 0.1) is 0 Å². The van der Waals surface area contributed by atoms with E-state index in [0.29, 0.717) is 42.0 Å². The molecule has 3 N–H and O–H groups in total. The van der Waals surface area contributed by atoms with Crippen LogP contribution in [0.2, 0.25) is 0 Å². The van der Waals surface area contributed by atoms with Crippen molar-refractivity contribution in [1.29, 1.82) is 0 Å². The zero-order chi connectivity index (χ0) is 32.0. The van der Waals surface area contributed by atoms with Crippen molar-refractivity contribution >= 4 is 48.2 Å². The summed E-state index contributed by atoms with van der Waals surface area (Å²) in [7, 11) is 3.69. The van der Waals surface area contributed by atoms with Crippen LogP contribution in [0.25, 0.3) is 11.1 Å². The van der Waals surface area contributed by atoms with Crippen molar-refractivity contribution in [2.75, 3.05) is 58.7 Å². The second-order valence-corrected chi connectivity index (χ2v) is 11.6. The maximum absolute atomic E-state index is 13.5. The number of amides is 3. The summed E-state index contributed by atoms with van der Waals surface area (Å²) in [5.74, 6) is -0.250. The molecule has 9 nitrogen and oxygen atoms in total. The van der Waals surface area contributed by atoms with Crippen LogP contribution in [0.1, 0.15) is 64.8 Å². The highest BCUT2D eigenvalue weighted by Gasteiger charge is 2.20. The average molecular weight is 687 g/mol. The minimum absolute atomic E-state index is 0. The summed E-state index contributed by atoms with van der Waals surface area (Å²) in [6, 6.07) is 22.6. The van der Waals surface area contributed by atoms with E-state index in [-0.39, 0.29) is 42.5 Å². The van der Waals surface area contributed by atoms with E-state index in [2.05, 4.69) is 17.3 Å². The number of anilines is 1. The molecule has 1 aliphatic rings. The summed E-state index contributed by atoms with van der Waals surface area (Å²) in [6.45, 7) is 4.45. The predicted molar refractivity (Wildman–Crippen MR) is 193 cm³/mol. The van der Waals surface area contributed by atoms with E-state index in [0.717, 1.165) is 75.8 Å². The number of carbonyl (C=O) groups is 3. The summed E-state index contributed by atoms with van der Waals surface area (Å²) >= 11 is 0. The molecule has 4 rings (SSSR count). The molecule has 11 heteroatoms. The number of carbonyl (C=O) groups excluding carboxylic acids is 3. The lowest BCUT2D eigenvalue weighted by Gasteiger charge is -2.32. The molecule has 1 aliphatic heterocycles. The Morgan fingerprint density at radius 3 is 2.26 bits per heavy atom. The maximum atomic E-state index is 13.5. The summed E-state index contributed by atoms with van der Waals surface area (Å²) in [6.07, 6.45) is 5.55. The number of hydroxylamine groups is 2. The number of unbranched alkanes of at least 4 members (excludes halogenated alkanes) is 3. The van der Waals surface area contributed by atoms with Crippen molar-refractivity contribution < 1.29 is 19.2 Å². The van der Waals surface area contributed by atoms with Crippen molar-refractivity contribution in [2.24, 2.45) is 5.73 Å². The highest BCUT2D eigenvalue weighted by atomic mass is 35.5. The second kappa shape index (κ2) is 20.7. The highest BCUT2D eigenvalue weighted by Crippen LogP contribution is 2.29. The first kappa shape index (κ1) is 39.7. The molecule has 47 heavy (non-hydrogen) atoms. The number of likely N-dealkylation sites (N-methyl/N-ethyl adjacent to an activating group) is 1. The number of hydrogen-bond donors (Lipinski definition) is 2. The van der Waals surface area contributed by atoms with Crippen molar-refractivity contribution in [3.05, 3.63) is 89.5 Å². The molecular weight excluding hydrogens is 637 g/mol. The van der Waals surface area contributed by atoms with Gasteiger partial charge in [-0.25, -0.2) is 5.06 Å². The first-order valence-corrected chi connectivity index (χ1v) is 16.0. The molecular formula is C36H49Cl2N5O4. The number of nitrogens with zero attached hydrogens (tertiary/aromatic N) is 3. The van der Waals surface area contributed by atoms with Crippen LogP contribution in [-0.4, -0.2) is 86.0 Å². The van der Waals surface area contributed by atoms with Crippen LogP contribution in [0.3, 0.4) is 0 Å². The molecule has 1 saturated heterocycles. The van der Waals surface area contributed by atoms with E-state index >= 15 is 0 Å². The van der Waals surface area contributed by atoms with Gasteiger partial charge >= 0.3 is 0 Å². The lowest BCUT2D eigenvalue weighted by Crippen LogP contribution is -2.47. The van der Waals surface area contributed by atoms with Crippen molar-refractivity contribution in [2.45, 2.75) is 44.9 Å². The number of hydrogen-bond acceptors (Lipinski definition) is 6. The first-order chi connectivity index (χ1) is 21.9. The average Bonchev–Trinajstić information content (AvgIpc) is 3.06. The number of nitrogens with two attached hydrogens (primary N) is 1. The zero-order valence-electron chi connectivity index (χ0n) is 27.5. The van der Waals surface area contributed by atoms with Gasteiger partial charge < -0.3 is 20.9 Å². The molecule has 3 amide bonds. The zero-order valence-corrected chi connectivity index (χ0v) is 29.1. The summed E-state index contributed by atoms with van der Waals surface area (Å²) in [5.41, 5.74) is 9.91. The molecule has 0 atom stereocenters. The molecule has 1 heterocycles. The summed E-state index contributed by atoms with van der Waals surface area (Å²) in [4.78, 5) is 49.3. The molecule has 0 saturated carbocycles. The summed E-state index contributed by atoms with van der Waals surface area (Å²) < 4.78 is 0. The number of nitrogens with one attached hydrogen (secondary N) is 1. The quantitative estimate of drug-likeness (QED) is 0.149. The van der Waals surface area contributed by atoms with Gasteiger partial charge in [-0.2, -0.15) is 0 Å². The fraction of sp³-hybridized carbons (Fsp3) is 0.417. The van der Waals surface area contributed by atoms with Crippen LogP contribution < -0.4 is 11.1 Å². The monoisotopic (exact) mass is 685 g/mol. The lowest BCUT2D eigenvalue weighted by molar-refractivity contribution is -0.133. The molecule has 1 fully saturated rings. The van der Waals surface area contributed by atoms with Gasteiger partial charge in [0.15, 0.2) is 0 Å². The van der Waals surface area contributed by atoms with Gasteiger partial charge in [0, 0.05) is 56.5 Å². The van der Waals surface area contributed by atoms with Gasteiger partial charge in [0.05, 0.1) is 6.61 Å². The molecule has 0 radical (unpaired) electrons. The van der Waals surface area contributed by atoms with Gasteiger partial charge in [0.2, 0.25) is 5.91 Å². The Balaban J connectivity index is 0.00000384. The van der Waals surface area contributed by atoms with Crippen LogP contribution in [-0.2, 0) is 16.1 Å². The van der Waals surface area contributed by atoms with Gasteiger partial charge in [-0.15, -0.1) is 24.8 Å². The molecule has 3 aromatic carbocycles. The fourth-order valence-corrected chi connectivity index (χ4v) is 5.48. The Bertz CT molecular complexity index is 1420. The van der Waals surface area contributed by atoms with Crippen molar-refractivity contribution in [3.63, 3.8) is 0 Å². The van der Waals surface area contributed by atoms with E-state index in [9.17, 15) is 14.4 Å².